The number of ether oxygens (including phenoxy) is 1. The monoisotopic (exact) mass is 551 g/mol. The maximum Gasteiger partial charge on any atom is 0.258 e. The highest BCUT2D eigenvalue weighted by molar-refractivity contribution is 7.89. The topological polar surface area (TPSA) is 121 Å². The van der Waals surface area contributed by atoms with E-state index >= 15 is 0 Å². The number of sulfonamides is 1. The molecule has 0 radical (unpaired) electrons. The van der Waals surface area contributed by atoms with Gasteiger partial charge in [0.15, 0.2) is 0 Å². The first-order valence-electron chi connectivity index (χ1n) is 13.6. The van der Waals surface area contributed by atoms with Crippen molar-refractivity contribution < 1.29 is 17.7 Å². The number of fused-ring (bicyclic) bond motifs is 1. The Hall–Kier alpha value is -3.26. The van der Waals surface area contributed by atoms with Crippen molar-refractivity contribution in [2.45, 2.75) is 65.5 Å². The molecule has 1 N–H and O–H groups in total. The van der Waals surface area contributed by atoms with Crippen molar-refractivity contribution in [2.75, 3.05) is 25.4 Å². The van der Waals surface area contributed by atoms with Crippen molar-refractivity contribution in [3.05, 3.63) is 53.1 Å². The van der Waals surface area contributed by atoms with Crippen LogP contribution in [0.5, 0.6) is 5.75 Å². The highest BCUT2D eigenvalue weighted by atomic mass is 32.2. The van der Waals surface area contributed by atoms with Gasteiger partial charge >= 0.3 is 0 Å². The highest BCUT2D eigenvalue weighted by Crippen LogP contribution is 2.38. The van der Waals surface area contributed by atoms with Crippen molar-refractivity contribution in [2.24, 2.45) is 0 Å². The van der Waals surface area contributed by atoms with Gasteiger partial charge in [-0.15, -0.1) is 0 Å². The van der Waals surface area contributed by atoms with Crippen molar-refractivity contribution in [3.8, 4) is 34.7 Å². The van der Waals surface area contributed by atoms with Crippen LogP contribution in [0.2, 0.25) is 0 Å². The van der Waals surface area contributed by atoms with Crippen LogP contribution in [-0.4, -0.2) is 54.9 Å². The summed E-state index contributed by atoms with van der Waals surface area (Å²) < 4.78 is 40.1. The zero-order chi connectivity index (χ0) is 28.0. The summed E-state index contributed by atoms with van der Waals surface area (Å²) in [5.41, 5.74) is 3.81. The lowest BCUT2D eigenvalue weighted by Gasteiger charge is -2.22. The van der Waals surface area contributed by atoms with E-state index in [2.05, 4.69) is 39.7 Å². The van der Waals surface area contributed by atoms with Crippen molar-refractivity contribution in [1.82, 2.24) is 19.8 Å². The molecule has 0 bridgehead atoms. The first-order valence-corrected chi connectivity index (χ1v) is 15.3. The minimum absolute atomic E-state index is 0.0525. The van der Waals surface area contributed by atoms with E-state index in [-0.39, 0.29) is 17.9 Å². The van der Waals surface area contributed by atoms with E-state index in [1.165, 1.54) is 0 Å². The normalized spacial score (nSPS) is 15.1. The molecule has 1 aliphatic carbocycles. The van der Waals surface area contributed by atoms with E-state index in [0.717, 1.165) is 42.6 Å². The van der Waals surface area contributed by atoms with Gasteiger partial charge in [-0.2, -0.15) is 10.2 Å². The summed E-state index contributed by atoms with van der Waals surface area (Å²) in [4.78, 5) is 6.81. The molecular formula is C29H37N5O4S. The number of nitrogens with zero attached hydrogens (tertiary/aromatic N) is 4. The molecule has 0 fully saturated rings. The molecule has 1 aromatic heterocycles. The molecule has 39 heavy (non-hydrogen) atoms. The Morgan fingerprint density at radius 2 is 1.95 bits per heavy atom. The zero-order valence-electron chi connectivity index (χ0n) is 23.1. The van der Waals surface area contributed by atoms with Crippen LogP contribution < -0.4 is 9.46 Å². The smallest absolute Gasteiger partial charge is 0.258 e. The Kier molecular flexibility index (Phi) is 9.38. The van der Waals surface area contributed by atoms with E-state index < -0.39 is 10.0 Å². The van der Waals surface area contributed by atoms with Crippen LogP contribution >= 0.6 is 0 Å². The van der Waals surface area contributed by atoms with Gasteiger partial charge in [-0.25, -0.2) is 13.1 Å². The number of benzene rings is 2. The van der Waals surface area contributed by atoms with Crippen LogP contribution in [0.4, 0.5) is 0 Å². The number of hydrogen-bond donors (Lipinski definition) is 1. The molecule has 208 valence electrons. The van der Waals surface area contributed by atoms with E-state index in [0.29, 0.717) is 48.0 Å². The van der Waals surface area contributed by atoms with Gasteiger partial charge in [0.25, 0.3) is 5.89 Å². The third kappa shape index (κ3) is 7.04. The van der Waals surface area contributed by atoms with E-state index in [4.69, 9.17) is 9.26 Å². The molecule has 9 nitrogen and oxygen atoms in total. The Labute approximate surface area is 231 Å². The largest absolute Gasteiger partial charge is 0.490 e. The molecule has 0 aliphatic heterocycles. The molecule has 0 saturated carbocycles. The molecule has 0 saturated heterocycles. The van der Waals surface area contributed by atoms with E-state index in [1.807, 2.05) is 32.0 Å². The summed E-state index contributed by atoms with van der Waals surface area (Å²) in [7, 11) is -3.44. The average Bonchev–Trinajstić information content (AvgIpc) is 3.55. The Bertz CT molecular complexity index is 1420. The minimum Gasteiger partial charge on any atom is -0.490 e. The fraction of sp³-hybridized carbons (Fsp3) is 0.483. The summed E-state index contributed by atoms with van der Waals surface area (Å²) in [6, 6.07) is 12.9. The van der Waals surface area contributed by atoms with Gasteiger partial charge in [-0.1, -0.05) is 37.2 Å². The summed E-state index contributed by atoms with van der Waals surface area (Å²) in [6.45, 7) is 10.4. The molecular weight excluding hydrogens is 514 g/mol. The molecule has 0 spiro atoms. The zero-order valence-corrected chi connectivity index (χ0v) is 23.9. The summed E-state index contributed by atoms with van der Waals surface area (Å²) in [5.74, 6) is 1.32. The molecule has 3 aromatic rings. The SMILES string of the molecule is CCCN(CCC)CCS(=O)(=O)NC1CCc2c(-c3noc(-c4ccc(OC(C)C)c(C#N)c4)n3)cccc21. The summed E-state index contributed by atoms with van der Waals surface area (Å²) >= 11 is 0. The van der Waals surface area contributed by atoms with Gasteiger partial charge in [0.1, 0.15) is 11.8 Å². The second-order valence-electron chi connectivity index (χ2n) is 10.2. The standard InChI is InChI=1S/C29H37N5O4S/c1-5-14-34(15-6-2)16-17-39(35,36)33-26-12-11-23-24(26)8-7-9-25(23)28-31-29(38-32-28)21-10-13-27(37-20(3)4)22(18-21)19-30/h7-10,13,18,20,26,33H,5-6,11-12,14-17H2,1-4H3. The maximum absolute atomic E-state index is 13.0. The van der Waals surface area contributed by atoms with Crippen LogP contribution in [0, 0.1) is 11.3 Å². The number of nitriles is 1. The van der Waals surface area contributed by atoms with E-state index in [1.54, 1.807) is 18.2 Å². The lowest BCUT2D eigenvalue weighted by molar-refractivity contribution is 0.241. The minimum atomic E-state index is -3.44. The Balaban J connectivity index is 1.51. The van der Waals surface area contributed by atoms with Gasteiger partial charge in [-0.3, -0.25) is 0 Å². The molecule has 1 heterocycles. The molecule has 1 unspecified atom stereocenters. The Morgan fingerprint density at radius 3 is 2.64 bits per heavy atom. The third-order valence-electron chi connectivity index (χ3n) is 6.72. The summed E-state index contributed by atoms with van der Waals surface area (Å²) in [6.07, 6.45) is 3.33. The Morgan fingerprint density at radius 1 is 1.18 bits per heavy atom. The van der Waals surface area contributed by atoms with Crippen LogP contribution in [0.3, 0.4) is 0 Å². The van der Waals surface area contributed by atoms with Gasteiger partial charge in [-0.05, 0) is 81.9 Å². The number of hydrogen-bond acceptors (Lipinski definition) is 8. The number of aromatic nitrogens is 2. The predicted molar refractivity (Wildman–Crippen MR) is 151 cm³/mol. The molecule has 10 heteroatoms. The molecule has 1 atom stereocenters. The highest BCUT2D eigenvalue weighted by Gasteiger charge is 2.29. The first-order chi connectivity index (χ1) is 18.7. The van der Waals surface area contributed by atoms with Crippen LogP contribution in [0.25, 0.3) is 22.8 Å². The van der Waals surface area contributed by atoms with Crippen molar-refractivity contribution in [3.63, 3.8) is 0 Å². The second kappa shape index (κ2) is 12.7. The van der Waals surface area contributed by atoms with Crippen molar-refractivity contribution >= 4 is 10.0 Å². The molecule has 0 amide bonds. The number of nitrogens with one attached hydrogen (secondary N) is 1. The maximum atomic E-state index is 13.0. The van der Waals surface area contributed by atoms with Crippen LogP contribution in [0.1, 0.15) is 69.7 Å². The molecule has 2 aromatic carbocycles. The quantitative estimate of drug-likeness (QED) is 0.312. The number of rotatable bonds is 13. The van der Waals surface area contributed by atoms with Gasteiger partial charge < -0.3 is 14.2 Å². The van der Waals surface area contributed by atoms with Gasteiger partial charge in [0.2, 0.25) is 15.8 Å². The fourth-order valence-corrected chi connectivity index (χ4v) is 6.33. The van der Waals surface area contributed by atoms with Crippen LogP contribution in [-0.2, 0) is 16.4 Å². The van der Waals surface area contributed by atoms with Gasteiger partial charge in [0, 0.05) is 23.7 Å². The third-order valence-corrected chi connectivity index (χ3v) is 8.09. The lowest BCUT2D eigenvalue weighted by atomic mass is 10.0. The van der Waals surface area contributed by atoms with Crippen molar-refractivity contribution in [1.29, 1.82) is 5.26 Å². The second-order valence-corrected chi connectivity index (χ2v) is 12.0. The molecule has 4 rings (SSSR count). The van der Waals surface area contributed by atoms with E-state index in [9.17, 15) is 13.7 Å². The van der Waals surface area contributed by atoms with Gasteiger partial charge in [0.05, 0.1) is 17.4 Å². The first kappa shape index (κ1) is 28.7. The van der Waals surface area contributed by atoms with Crippen LogP contribution in [0.15, 0.2) is 40.9 Å². The predicted octanol–water partition coefficient (Wildman–Crippen LogP) is 5.09. The average molecular weight is 552 g/mol. The lowest BCUT2D eigenvalue weighted by Crippen LogP contribution is -2.36. The molecule has 1 aliphatic rings. The fourth-order valence-electron chi connectivity index (χ4n) is 5.04. The summed E-state index contributed by atoms with van der Waals surface area (Å²) in [5, 5.41) is 13.8.